The number of nitrogens with two attached hydrogens (primary N) is 1. The van der Waals surface area contributed by atoms with Crippen molar-refractivity contribution in [3.8, 4) is 0 Å². The van der Waals surface area contributed by atoms with Crippen LogP contribution in [-0.2, 0) is 4.79 Å². The number of hydrazine groups is 1. The predicted molar refractivity (Wildman–Crippen MR) is 56.4 cm³/mol. The van der Waals surface area contributed by atoms with E-state index in [1.165, 1.54) is 12.8 Å². The van der Waals surface area contributed by atoms with Crippen LogP contribution in [0.3, 0.4) is 0 Å². The van der Waals surface area contributed by atoms with Gasteiger partial charge in [-0.1, -0.05) is 20.8 Å². The van der Waals surface area contributed by atoms with Gasteiger partial charge in [0.1, 0.15) is 0 Å². The molecule has 0 radical (unpaired) electrons. The Labute approximate surface area is 85.8 Å². The fourth-order valence-corrected chi connectivity index (χ4v) is 2.19. The molecule has 0 aromatic heterocycles. The Bertz CT molecular complexity index is 204. The summed E-state index contributed by atoms with van der Waals surface area (Å²) >= 11 is 0. The summed E-state index contributed by atoms with van der Waals surface area (Å²) in [4.78, 5) is 13.9. The molecule has 1 aliphatic rings. The Kier molecular flexibility index (Phi) is 3.50. The van der Waals surface area contributed by atoms with E-state index in [2.05, 4.69) is 31.1 Å². The molecule has 82 valence electrons. The highest BCUT2D eigenvalue weighted by atomic mass is 16.2. The molecule has 4 nitrogen and oxygen atoms in total. The number of likely N-dealkylation sites (tertiary alicyclic amines) is 1. The van der Waals surface area contributed by atoms with Crippen LogP contribution in [0.1, 0.15) is 33.6 Å². The number of nitrogens with one attached hydrogen (secondary N) is 1. The second-order valence-corrected chi connectivity index (χ2v) is 5.02. The van der Waals surface area contributed by atoms with Crippen molar-refractivity contribution in [2.24, 2.45) is 11.3 Å². The molecular formula is C10H21N3O. The van der Waals surface area contributed by atoms with Gasteiger partial charge < -0.3 is 0 Å². The second-order valence-electron chi connectivity index (χ2n) is 5.02. The van der Waals surface area contributed by atoms with Gasteiger partial charge in [-0.15, -0.1) is 0 Å². The van der Waals surface area contributed by atoms with Crippen molar-refractivity contribution in [3.63, 3.8) is 0 Å². The van der Waals surface area contributed by atoms with Crippen molar-refractivity contribution in [1.82, 2.24) is 10.3 Å². The summed E-state index contributed by atoms with van der Waals surface area (Å²) in [7, 11) is 0. The largest absolute Gasteiger partial charge is 0.293 e. The Morgan fingerprint density at radius 3 is 2.21 bits per heavy atom. The van der Waals surface area contributed by atoms with E-state index in [0.29, 0.717) is 0 Å². The molecule has 1 unspecified atom stereocenters. The molecule has 14 heavy (non-hydrogen) atoms. The summed E-state index contributed by atoms with van der Waals surface area (Å²) in [5.41, 5.74) is 2.21. The van der Waals surface area contributed by atoms with Crippen LogP contribution in [0.5, 0.6) is 0 Å². The normalized spacial score (nSPS) is 20.9. The summed E-state index contributed by atoms with van der Waals surface area (Å²) in [5.74, 6) is 5.14. The van der Waals surface area contributed by atoms with Gasteiger partial charge in [0, 0.05) is 0 Å². The molecule has 1 atom stereocenters. The molecule has 1 rings (SSSR count). The monoisotopic (exact) mass is 199 g/mol. The van der Waals surface area contributed by atoms with Gasteiger partial charge in [-0.2, -0.15) is 0 Å². The SMILES string of the molecule is CC(C)(C)C(C(=O)NN)N1CCCC1. The van der Waals surface area contributed by atoms with Gasteiger partial charge in [-0.25, -0.2) is 5.84 Å². The molecule has 4 heteroatoms. The van der Waals surface area contributed by atoms with Crippen LogP contribution in [0.15, 0.2) is 0 Å². The van der Waals surface area contributed by atoms with Crippen molar-refractivity contribution in [2.75, 3.05) is 13.1 Å². The lowest BCUT2D eigenvalue weighted by Gasteiger charge is -2.36. The third kappa shape index (κ3) is 2.45. The lowest BCUT2D eigenvalue weighted by atomic mass is 9.85. The zero-order chi connectivity index (χ0) is 10.8. The molecule has 0 bridgehead atoms. The van der Waals surface area contributed by atoms with E-state index in [4.69, 9.17) is 5.84 Å². The maximum Gasteiger partial charge on any atom is 0.251 e. The van der Waals surface area contributed by atoms with Crippen LogP contribution in [0.25, 0.3) is 0 Å². The molecule has 0 aliphatic carbocycles. The molecule has 3 N–H and O–H groups in total. The Morgan fingerprint density at radius 2 is 1.86 bits per heavy atom. The van der Waals surface area contributed by atoms with Gasteiger partial charge in [0.2, 0.25) is 0 Å². The van der Waals surface area contributed by atoms with Gasteiger partial charge in [0.25, 0.3) is 5.91 Å². The molecule has 0 saturated carbocycles. The van der Waals surface area contributed by atoms with Crippen molar-refractivity contribution >= 4 is 5.91 Å². The number of carbonyl (C=O) groups excluding carboxylic acids is 1. The van der Waals surface area contributed by atoms with E-state index in [1.807, 2.05) is 0 Å². The minimum atomic E-state index is -0.102. The highest BCUT2D eigenvalue weighted by Gasteiger charge is 2.36. The van der Waals surface area contributed by atoms with Crippen molar-refractivity contribution in [3.05, 3.63) is 0 Å². The first kappa shape index (κ1) is 11.5. The molecule has 1 aliphatic heterocycles. The number of hydrogen-bond donors (Lipinski definition) is 2. The number of carbonyl (C=O) groups is 1. The Balaban J connectivity index is 2.75. The average molecular weight is 199 g/mol. The first-order chi connectivity index (χ1) is 6.46. The Hall–Kier alpha value is -0.610. The van der Waals surface area contributed by atoms with E-state index < -0.39 is 0 Å². The topological polar surface area (TPSA) is 58.4 Å². The van der Waals surface area contributed by atoms with Gasteiger partial charge in [-0.05, 0) is 31.3 Å². The molecule has 1 saturated heterocycles. The van der Waals surface area contributed by atoms with Crippen LogP contribution in [0, 0.1) is 5.41 Å². The van der Waals surface area contributed by atoms with E-state index in [9.17, 15) is 4.79 Å². The fourth-order valence-electron chi connectivity index (χ4n) is 2.19. The Morgan fingerprint density at radius 1 is 1.36 bits per heavy atom. The molecule has 1 fully saturated rings. The van der Waals surface area contributed by atoms with E-state index in [1.54, 1.807) is 0 Å². The quantitative estimate of drug-likeness (QED) is 0.386. The van der Waals surface area contributed by atoms with Crippen molar-refractivity contribution in [1.29, 1.82) is 0 Å². The van der Waals surface area contributed by atoms with Crippen molar-refractivity contribution < 1.29 is 4.79 Å². The van der Waals surface area contributed by atoms with E-state index >= 15 is 0 Å². The van der Waals surface area contributed by atoms with Gasteiger partial charge in [-0.3, -0.25) is 15.1 Å². The van der Waals surface area contributed by atoms with Crippen LogP contribution in [-0.4, -0.2) is 29.9 Å². The average Bonchev–Trinajstić information content (AvgIpc) is 2.54. The first-order valence-corrected chi connectivity index (χ1v) is 5.21. The summed E-state index contributed by atoms with van der Waals surface area (Å²) in [6.45, 7) is 8.24. The molecule has 0 aromatic carbocycles. The lowest BCUT2D eigenvalue weighted by molar-refractivity contribution is -0.129. The zero-order valence-electron chi connectivity index (χ0n) is 9.34. The van der Waals surface area contributed by atoms with Gasteiger partial charge in [0.15, 0.2) is 0 Å². The molecule has 1 heterocycles. The number of rotatable bonds is 2. The standard InChI is InChI=1S/C10H21N3O/c1-10(2,3)8(9(14)12-11)13-6-4-5-7-13/h8H,4-7,11H2,1-3H3,(H,12,14). The van der Waals surface area contributed by atoms with Crippen molar-refractivity contribution in [2.45, 2.75) is 39.7 Å². The number of nitrogens with zero attached hydrogens (tertiary/aromatic N) is 1. The second kappa shape index (κ2) is 4.28. The fraction of sp³-hybridized carbons (Fsp3) is 0.900. The summed E-state index contributed by atoms with van der Waals surface area (Å²) in [6, 6.07) is -0.102. The number of amides is 1. The summed E-state index contributed by atoms with van der Waals surface area (Å²) < 4.78 is 0. The van der Waals surface area contributed by atoms with Crippen LogP contribution in [0.2, 0.25) is 0 Å². The highest BCUT2D eigenvalue weighted by Crippen LogP contribution is 2.27. The summed E-state index contributed by atoms with van der Waals surface area (Å²) in [5, 5.41) is 0. The zero-order valence-corrected chi connectivity index (χ0v) is 9.34. The van der Waals surface area contributed by atoms with Gasteiger partial charge >= 0.3 is 0 Å². The van der Waals surface area contributed by atoms with Crippen LogP contribution >= 0.6 is 0 Å². The minimum Gasteiger partial charge on any atom is -0.293 e. The molecular weight excluding hydrogens is 178 g/mol. The predicted octanol–water partition coefficient (Wildman–Crippen LogP) is 0.487. The first-order valence-electron chi connectivity index (χ1n) is 5.21. The van der Waals surface area contributed by atoms with Gasteiger partial charge in [0.05, 0.1) is 6.04 Å². The summed E-state index contributed by atoms with van der Waals surface area (Å²) in [6.07, 6.45) is 2.37. The van der Waals surface area contributed by atoms with Crippen LogP contribution in [0.4, 0.5) is 0 Å². The highest BCUT2D eigenvalue weighted by molar-refractivity contribution is 5.82. The smallest absolute Gasteiger partial charge is 0.251 e. The maximum absolute atomic E-state index is 11.7. The minimum absolute atomic E-state index is 0.0617. The van der Waals surface area contributed by atoms with E-state index in [-0.39, 0.29) is 17.4 Å². The van der Waals surface area contributed by atoms with Crippen LogP contribution < -0.4 is 11.3 Å². The van der Waals surface area contributed by atoms with E-state index in [0.717, 1.165) is 13.1 Å². The molecule has 0 aromatic rings. The third-order valence-corrected chi connectivity index (χ3v) is 2.72. The molecule has 1 amide bonds. The maximum atomic E-state index is 11.7. The third-order valence-electron chi connectivity index (χ3n) is 2.72. The lowest BCUT2D eigenvalue weighted by Crippen LogP contribution is -2.54. The molecule has 0 spiro atoms. The number of hydrogen-bond acceptors (Lipinski definition) is 3.